The lowest BCUT2D eigenvalue weighted by molar-refractivity contribution is 0.0595. The van der Waals surface area contributed by atoms with E-state index >= 15 is 0 Å². The van der Waals surface area contributed by atoms with E-state index in [2.05, 4.69) is 5.32 Å². The van der Waals surface area contributed by atoms with Gasteiger partial charge < -0.3 is 10.1 Å². The van der Waals surface area contributed by atoms with Crippen molar-refractivity contribution in [1.82, 2.24) is 10.2 Å². The molecular formula is C22H22N2O4. The van der Waals surface area contributed by atoms with Gasteiger partial charge in [-0.1, -0.05) is 30.3 Å². The summed E-state index contributed by atoms with van der Waals surface area (Å²) in [6, 6.07) is 13.7. The second-order valence-electron chi connectivity index (χ2n) is 7.17. The monoisotopic (exact) mass is 378 g/mol. The van der Waals surface area contributed by atoms with Gasteiger partial charge in [0.1, 0.15) is 0 Å². The predicted octanol–water partition coefficient (Wildman–Crippen LogP) is 2.95. The Morgan fingerprint density at radius 1 is 1.14 bits per heavy atom. The highest BCUT2D eigenvalue weighted by atomic mass is 16.5. The van der Waals surface area contributed by atoms with Crippen LogP contribution in [0, 0.1) is 0 Å². The highest BCUT2D eigenvalue weighted by molar-refractivity contribution is 6.22. The van der Waals surface area contributed by atoms with Crippen LogP contribution in [0.25, 0.3) is 0 Å². The fourth-order valence-electron chi connectivity index (χ4n) is 3.75. The first kappa shape index (κ1) is 18.4. The number of nitrogens with one attached hydrogen (secondary N) is 1. The topological polar surface area (TPSA) is 75.7 Å². The summed E-state index contributed by atoms with van der Waals surface area (Å²) in [5.41, 5.74) is 1.86. The quantitative estimate of drug-likeness (QED) is 0.812. The van der Waals surface area contributed by atoms with Gasteiger partial charge in [-0.3, -0.25) is 19.3 Å². The van der Waals surface area contributed by atoms with Crippen LogP contribution in [0.3, 0.4) is 0 Å². The average Bonchev–Trinajstić information content (AvgIpc) is 3.33. The van der Waals surface area contributed by atoms with E-state index in [0.29, 0.717) is 17.7 Å². The lowest BCUT2D eigenvalue weighted by Gasteiger charge is -2.22. The molecule has 28 heavy (non-hydrogen) atoms. The molecule has 0 radical (unpaired) electrons. The molecule has 2 aromatic rings. The number of carbonyl (C=O) groups is 3. The standard InChI is InChI=1S/C22H22N2O4/c1-14(15-6-3-2-4-7-15)24-21(26)18-10-9-16(12-19(18)22(24)27)20(25)23-13-17-8-5-11-28-17/h2-4,6-7,9-10,12,14,17H,5,8,11,13H2,1H3,(H,23,25). The van der Waals surface area contributed by atoms with Gasteiger partial charge in [0.05, 0.1) is 23.3 Å². The van der Waals surface area contributed by atoms with Crippen LogP contribution in [0.1, 0.15) is 62.4 Å². The van der Waals surface area contributed by atoms with Crippen LogP contribution in [0.2, 0.25) is 0 Å². The summed E-state index contributed by atoms with van der Waals surface area (Å²) < 4.78 is 5.51. The van der Waals surface area contributed by atoms with Crippen molar-refractivity contribution in [1.29, 1.82) is 0 Å². The molecule has 6 nitrogen and oxygen atoms in total. The first-order valence-corrected chi connectivity index (χ1v) is 9.53. The van der Waals surface area contributed by atoms with Crippen molar-refractivity contribution < 1.29 is 19.1 Å². The summed E-state index contributed by atoms with van der Waals surface area (Å²) in [7, 11) is 0. The van der Waals surface area contributed by atoms with Crippen molar-refractivity contribution in [2.75, 3.05) is 13.2 Å². The largest absolute Gasteiger partial charge is 0.376 e. The molecule has 2 atom stereocenters. The molecule has 1 saturated heterocycles. The molecule has 0 aromatic heterocycles. The van der Waals surface area contributed by atoms with E-state index < -0.39 is 0 Å². The Bertz CT molecular complexity index is 919. The summed E-state index contributed by atoms with van der Waals surface area (Å²) in [6.45, 7) is 3.00. The Balaban J connectivity index is 1.52. The number of rotatable bonds is 5. The number of hydrogen-bond donors (Lipinski definition) is 1. The molecular weight excluding hydrogens is 356 g/mol. The molecule has 2 aromatic carbocycles. The van der Waals surface area contributed by atoms with Crippen LogP contribution in [0.5, 0.6) is 0 Å². The van der Waals surface area contributed by atoms with Gasteiger partial charge >= 0.3 is 0 Å². The van der Waals surface area contributed by atoms with Crippen molar-refractivity contribution in [2.45, 2.75) is 31.9 Å². The van der Waals surface area contributed by atoms with E-state index in [1.54, 1.807) is 12.1 Å². The van der Waals surface area contributed by atoms with Gasteiger partial charge in [0.25, 0.3) is 17.7 Å². The molecule has 144 valence electrons. The fraction of sp³-hybridized carbons (Fsp3) is 0.318. The number of carbonyl (C=O) groups excluding carboxylic acids is 3. The molecule has 0 spiro atoms. The first-order chi connectivity index (χ1) is 13.6. The summed E-state index contributed by atoms with van der Waals surface area (Å²) in [6.07, 6.45) is 1.98. The normalized spacial score (nSPS) is 19.6. The number of hydrogen-bond acceptors (Lipinski definition) is 4. The maximum Gasteiger partial charge on any atom is 0.262 e. The van der Waals surface area contributed by atoms with Crippen LogP contribution in [0.4, 0.5) is 0 Å². The zero-order chi connectivity index (χ0) is 19.7. The van der Waals surface area contributed by atoms with Gasteiger partial charge in [0, 0.05) is 18.7 Å². The zero-order valence-corrected chi connectivity index (χ0v) is 15.7. The van der Waals surface area contributed by atoms with E-state index in [4.69, 9.17) is 4.74 Å². The number of fused-ring (bicyclic) bond motifs is 1. The van der Waals surface area contributed by atoms with Crippen molar-refractivity contribution in [2.24, 2.45) is 0 Å². The Morgan fingerprint density at radius 3 is 2.61 bits per heavy atom. The van der Waals surface area contributed by atoms with Crippen molar-refractivity contribution >= 4 is 17.7 Å². The average molecular weight is 378 g/mol. The van der Waals surface area contributed by atoms with Crippen LogP contribution < -0.4 is 5.32 Å². The smallest absolute Gasteiger partial charge is 0.262 e. The van der Waals surface area contributed by atoms with Gasteiger partial charge in [-0.05, 0) is 43.5 Å². The molecule has 2 aliphatic heterocycles. The van der Waals surface area contributed by atoms with E-state index in [-0.39, 0.29) is 35.4 Å². The maximum absolute atomic E-state index is 12.9. The number of amides is 3. The summed E-state index contributed by atoms with van der Waals surface area (Å²) in [5.74, 6) is -0.971. The summed E-state index contributed by atoms with van der Waals surface area (Å²) >= 11 is 0. The third kappa shape index (κ3) is 3.31. The second kappa shape index (κ2) is 7.56. The molecule has 3 amide bonds. The lowest BCUT2D eigenvalue weighted by Crippen LogP contribution is -2.32. The van der Waals surface area contributed by atoms with Crippen LogP contribution in [-0.2, 0) is 4.74 Å². The minimum Gasteiger partial charge on any atom is -0.376 e. The van der Waals surface area contributed by atoms with E-state index in [9.17, 15) is 14.4 Å². The predicted molar refractivity (Wildman–Crippen MR) is 103 cm³/mol. The number of imide groups is 1. The van der Waals surface area contributed by atoms with Crippen molar-refractivity contribution in [3.8, 4) is 0 Å². The number of ether oxygens (including phenoxy) is 1. The van der Waals surface area contributed by atoms with E-state index in [1.807, 2.05) is 37.3 Å². The van der Waals surface area contributed by atoms with Gasteiger partial charge in [0.2, 0.25) is 0 Å². The molecule has 2 unspecified atom stereocenters. The second-order valence-corrected chi connectivity index (χ2v) is 7.17. The van der Waals surface area contributed by atoms with Gasteiger partial charge in [-0.15, -0.1) is 0 Å². The van der Waals surface area contributed by atoms with Crippen molar-refractivity contribution in [3.05, 3.63) is 70.8 Å². The molecule has 1 fully saturated rings. The molecule has 4 rings (SSSR count). The third-order valence-electron chi connectivity index (χ3n) is 5.36. The first-order valence-electron chi connectivity index (χ1n) is 9.53. The summed E-state index contributed by atoms with van der Waals surface area (Å²) in [5, 5.41) is 2.84. The number of nitrogens with zero attached hydrogens (tertiary/aromatic N) is 1. The number of benzene rings is 2. The molecule has 0 bridgehead atoms. The van der Waals surface area contributed by atoms with Gasteiger partial charge in [-0.2, -0.15) is 0 Å². The highest BCUT2D eigenvalue weighted by Gasteiger charge is 2.39. The fourth-order valence-corrected chi connectivity index (χ4v) is 3.75. The minimum atomic E-state index is -0.384. The van der Waals surface area contributed by atoms with Gasteiger partial charge in [-0.25, -0.2) is 0 Å². The van der Waals surface area contributed by atoms with Crippen LogP contribution >= 0.6 is 0 Å². The zero-order valence-electron chi connectivity index (χ0n) is 15.7. The Kier molecular flexibility index (Phi) is 4.96. The Labute approximate surface area is 163 Å². The minimum absolute atomic E-state index is 0.0452. The van der Waals surface area contributed by atoms with Crippen LogP contribution in [0.15, 0.2) is 48.5 Å². The molecule has 2 aliphatic rings. The Hall–Kier alpha value is -2.99. The van der Waals surface area contributed by atoms with Crippen LogP contribution in [-0.4, -0.2) is 41.9 Å². The lowest BCUT2D eigenvalue weighted by atomic mass is 10.1. The van der Waals surface area contributed by atoms with E-state index in [0.717, 1.165) is 25.0 Å². The maximum atomic E-state index is 12.9. The molecule has 0 saturated carbocycles. The van der Waals surface area contributed by atoms with Gasteiger partial charge in [0.15, 0.2) is 0 Å². The molecule has 6 heteroatoms. The van der Waals surface area contributed by atoms with E-state index in [1.165, 1.54) is 11.0 Å². The highest BCUT2D eigenvalue weighted by Crippen LogP contribution is 2.31. The van der Waals surface area contributed by atoms with Crippen molar-refractivity contribution in [3.63, 3.8) is 0 Å². The molecule has 0 aliphatic carbocycles. The Morgan fingerprint density at radius 2 is 1.89 bits per heavy atom. The third-order valence-corrected chi connectivity index (χ3v) is 5.36. The SMILES string of the molecule is CC(c1ccccc1)N1C(=O)c2ccc(C(=O)NCC3CCCO3)cc2C1=O. The molecule has 2 heterocycles. The molecule has 1 N–H and O–H groups in total. The summed E-state index contributed by atoms with van der Waals surface area (Å²) in [4.78, 5) is 39.4.